The summed E-state index contributed by atoms with van der Waals surface area (Å²) < 4.78 is 10.4. The van der Waals surface area contributed by atoms with E-state index in [4.69, 9.17) is 9.47 Å². The lowest BCUT2D eigenvalue weighted by Gasteiger charge is -2.09. The molecule has 0 unspecified atom stereocenters. The first-order chi connectivity index (χ1) is 14.1. The van der Waals surface area contributed by atoms with Crippen LogP contribution >= 0.6 is 0 Å². The van der Waals surface area contributed by atoms with Crippen LogP contribution in [0.1, 0.15) is 5.69 Å². The Labute approximate surface area is 166 Å². The average Bonchev–Trinajstić information content (AvgIpc) is 2.73. The monoisotopic (exact) mass is 389 g/mol. The highest BCUT2D eigenvalue weighted by atomic mass is 16.5. The molecule has 0 atom stereocenters. The third kappa shape index (κ3) is 3.86. The van der Waals surface area contributed by atoms with E-state index in [1.807, 2.05) is 49.4 Å². The van der Waals surface area contributed by atoms with Gasteiger partial charge in [-0.1, -0.05) is 0 Å². The Hall–Kier alpha value is -3.94. The Morgan fingerprint density at radius 2 is 1.62 bits per heavy atom. The third-order valence-corrected chi connectivity index (χ3v) is 4.45. The van der Waals surface area contributed by atoms with Gasteiger partial charge >= 0.3 is 0 Å². The number of hydrogen-bond donors (Lipinski definition) is 2. The molecular weight excluding hydrogens is 370 g/mol. The Kier molecular flexibility index (Phi) is 4.82. The van der Waals surface area contributed by atoms with Crippen LogP contribution in [0.15, 0.2) is 53.3 Å². The van der Waals surface area contributed by atoms with Crippen LogP contribution in [0, 0.1) is 6.92 Å². The zero-order valence-corrected chi connectivity index (χ0v) is 16.2. The van der Waals surface area contributed by atoms with Crippen LogP contribution < -0.4 is 20.3 Å². The van der Waals surface area contributed by atoms with Crippen LogP contribution in [0.25, 0.3) is 22.2 Å². The minimum absolute atomic E-state index is 0.260. The highest BCUT2D eigenvalue weighted by molar-refractivity contribution is 5.83. The van der Waals surface area contributed by atoms with E-state index in [2.05, 4.69) is 25.3 Å². The number of ether oxygens (including phenoxy) is 2. The fraction of sp³-hybridized carbons (Fsp3) is 0.143. The van der Waals surface area contributed by atoms with E-state index in [1.54, 1.807) is 14.2 Å². The molecule has 2 heterocycles. The second kappa shape index (κ2) is 7.59. The number of benzene rings is 2. The second-order valence-corrected chi connectivity index (χ2v) is 6.35. The molecule has 0 fully saturated rings. The SMILES string of the molecule is COc1ccc(-c2cc(=O)[nH]c(Nc3nc(C)c4cc(OC)ccc4n3)n2)cc1. The maximum Gasteiger partial charge on any atom is 0.252 e. The number of nitrogens with one attached hydrogen (secondary N) is 2. The molecule has 4 aromatic rings. The predicted molar refractivity (Wildman–Crippen MR) is 111 cm³/mol. The third-order valence-electron chi connectivity index (χ3n) is 4.45. The summed E-state index contributed by atoms with van der Waals surface area (Å²) in [5.41, 5.74) is 2.58. The van der Waals surface area contributed by atoms with E-state index in [9.17, 15) is 4.79 Å². The highest BCUT2D eigenvalue weighted by Gasteiger charge is 2.09. The Bertz CT molecular complexity index is 1240. The fourth-order valence-corrected chi connectivity index (χ4v) is 2.98. The molecule has 0 aliphatic heterocycles. The minimum Gasteiger partial charge on any atom is -0.497 e. The zero-order valence-electron chi connectivity index (χ0n) is 16.2. The average molecular weight is 389 g/mol. The van der Waals surface area contributed by atoms with Crippen LogP contribution in [-0.2, 0) is 0 Å². The van der Waals surface area contributed by atoms with Crippen molar-refractivity contribution in [1.29, 1.82) is 0 Å². The van der Waals surface area contributed by atoms with Crippen molar-refractivity contribution < 1.29 is 9.47 Å². The van der Waals surface area contributed by atoms with Gasteiger partial charge in [-0.05, 0) is 49.4 Å². The normalized spacial score (nSPS) is 10.7. The fourth-order valence-electron chi connectivity index (χ4n) is 2.98. The second-order valence-electron chi connectivity index (χ2n) is 6.35. The van der Waals surface area contributed by atoms with Crippen molar-refractivity contribution in [3.05, 3.63) is 64.6 Å². The molecule has 0 bridgehead atoms. The predicted octanol–water partition coefficient (Wildman–Crippen LogP) is 3.45. The molecule has 146 valence electrons. The van der Waals surface area contributed by atoms with E-state index in [0.29, 0.717) is 11.6 Å². The molecule has 29 heavy (non-hydrogen) atoms. The van der Waals surface area contributed by atoms with E-state index < -0.39 is 0 Å². The summed E-state index contributed by atoms with van der Waals surface area (Å²) >= 11 is 0. The van der Waals surface area contributed by atoms with Gasteiger partial charge in [0.25, 0.3) is 5.56 Å². The lowest BCUT2D eigenvalue weighted by Crippen LogP contribution is -2.12. The van der Waals surface area contributed by atoms with Crippen molar-refractivity contribution in [2.75, 3.05) is 19.5 Å². The summed E-state index contributed by atoms with van der Waals surface area (Å²) in [4.78, 5) is 28.3. The Morgan fingerprint density at radius 1 is 0.897 bits per heavy atom. The number of anilines is 2. The molecule has 0 aliphatic carbocycles. The van der Waals surface area contributed by atoms with Crippen molar-refractivity contribution in [2.45, 2.75) is 6.92 Å². The summed E-state index contributed by atoms with van der Waals surface area (Å²) in [5.74, 6) is 2.07. The molecule has 0 saturated heterocycles. The van der Waals surface area contributed by atoms with Crippen LogP contribution in [0.3, 0.4) is 0 Å². The number of rotatable bonds is 5. The summed E-state index contributed by atoms with van der Waals surface area (Å²) in [7, 11) is 3.22. The van der Waals surface area contributed by atoms with Crippen molar-refractivity contribution in [1.82, 2.24) is 19.9 Å². The number of fused-ring (bicyclic) bond motifs is 1. The van der Waals surface area contributed by atoms with E-state index in [-0.39, 0.29) is 11.5 Å². The van der Waals surface area contributed by atoms with Gasteiger partial charge in [-0.3, -0.25) is 15.1 Å². The van der Waals surface area contributed by atoms with Gasteiger partial charge in [-0.25, -0.2) is 15.0 Å². The number of aromatic nitrogens is 4. The summed E-state index contributed by atoms with van der Waals surface area (Å²) in [5, 5.41) is 3.89. The lowest BCUT2D eigenvalue weighted by molar-refractivity contribution is 0.415. The standard InChI is InChI=1S/C21H19N5O3/c1-12-16-10-15(29-3)8-9-17(16)23-20(22-12)26-21-24-18(11-19(27)25-21)13-4-6-14(28-2)7-5-13/h4-11H,1-3H3,(H2,22,23,24,25,26,27). The lowest BCUT2D eigenvalue weighted by atomic mass is 10.1. The van der Waals surface area contributed by atoms with Crippen LogP contribution in [0.5, 0.6) is 11.5 Å². The molecule has 8 nitrogen and oxygen atoms in total. The van der Waals surface area contributed by atoms with Gasteiger partial charge in [0.15, 0.2) is 0 Å². The molecule has 8 heteroatoms. The molecule has 2 aromatic heterocycles. The van der Waals surface area contributed by atoms with Crippen LogP contribution in [0.4, 0.5) is 11.9 Å². The van der Waals surface area contributed by atoms with Crippen molar-refractivity contribution in [3.8, 4) is 22.8 Å². The first-order valence-corrected chi connectivity index (χ1v) is 8.91. The molecule has 2 aromatic carbocycles. The summed E-state index contributed by atoms with van der Waals surface area (Å²) in [6.07, 6.45) is 0. The minimum atomic E-state index is -0.282. The molecule has 0 radical (unpaired) electrons. The number of hydrogen-bond acceptors (Lipinski definition) is 7. The van der Waals surface area contributed by atoms with Crippen LogP contribution in [0.2, 0.25) is 0 Å². The quantitative estimate of drug-likeness (QED) is 0.539. The van der Waals surface area contributed by atoms with Gasteiger partial charge in [0.05, 0.1) is 31.1 Å². The zero-order chi connectivity index (χ0) is 20.4. The maximum atomic E-state index is 12.1. The molecule has 0 amide bonds. The number of nitrogens with zero attached hydrogens (tertiary/aromatic N) is 3. The molecular formula is C21H19N5O3. The number of H-pyrrole nitrogens is 1. The first-order valence-electron chi connectivity index (χ1n) is 8.91. The molecule has 2 N–H and O–H groups in total. The number of aryl methyl sites for hydroxylation is 1. The Balaban J connectivity index is 1.68. The van der Waals surface area contributed by atoms with Crippen molar-refractivity contribution >= 4 is 22.8 Å². The number of aromatic amines is 1. The molecule has 4 rings (SSSR count). The smallest absolute Gasteiger partial charge is 0.252 e. The van der Waals surface area contributed by atoms with Crippen LogP contribution in [-0.4, -0.2) is 34.2 Å². The van der Waals surface area contributed by atoms with E-state index in [1.165, 1.54) is 6.07 Å². The van der Waals surface area contributed by atoms with Crippen molar-refractivity contribution in [2.24, 2.45) is 0 Å². The highest BCUT2D eigenvalue weighted by Crippen LogP contribution is 2.24. The first kappa shape index (κ1) is 18.4. The van der Waals surface area contributed by atoms with Gasteiger partial charge in [0.1, 0.15) is 11.5 Å². The largest absolute Gasteiger partial charge is 0.497 e. The summed E-state index contributed by atoms with van der Waals surface area (Å²) in [6.45, 7) is 1.89. The van der Waals surface area contributed by atoms with Gasteiger partial charge in [-0.15, -0.1) is 0 Å². The van der Waals surface area contributed by atoms with E-state index >= 15 is 0 Å². The Morgan fingerprint density at radius 3 is 2.34 bits per heavy atom. The molecule has 0 aliphatic rings. The number of methoxy groups -OCH3 is 2. The van der Waals surface area contributed by atoms with Gasteiger partial charge in [0, 0.05) is 17.0 Å². The summed E-state index contributed by atoms with van der Waals surface area (Å²) in [6, 6.07) is 14.3. The molecule has 0 saturated carbocycles. The van der Waals surface area contributed by atoms with E-state index in [0.717, 1.165) is 33.7 Å². The van der Waals surface area contributed by atoms with Gasteiger partial charge in [-0.2, -0.15) is 0 Å². The van der Waals surface area contributed by atoms with Crippen molar-refractivity contribution in [3.63, 3.8) is 0 Å². The maximum absolute atomic E-state index is 12.1. The topological polar surface area (TPSA) is 102 Å². The van der Waals surface area contributed by atoms with Gasteiger partial charge in [0.2, 0.25) is 11.9 Å². The molecule has 0 spiro atoms. The van der Waals surface area contributed by atoms with Gasteiger partial charge < -0.3 is 9.47 Å².